The topological polar surface area (TPSA) is 86.8 Å². The van der Waals surface area contributed by atoms with E-state index in [1.54, 1.807) is 45.0 Å². The Hall–Kier alpha value is -2.00. The van der Waals surface area contributed by atoms with Crippen molar-refractivity contribution in [3.8, 4) is 0 Å². The molecule has 0 aliphatic carbocycles. The second kappa shape index (κ2) is 11.4. The summed E-state index contributed by atoms with van der Waals surface area (Å²) in [5.74, 6) is -0.963. The highest BCUT2D eigenvalue weighted by molar-refractivity contribution is 7.92. The largest absolute Gasteiger partial charge is 0.352 e. The first-order valence-corrected chi connectivity index (χ1v) is 13.0. The molecular weight excluding hydrogens is 509 g/mol. The molecule has 11 heteroatoms. The summed E-state index contributed by atoms with van der Waals surface area (Å²) < 4.78 is 26.0. The van der Waals surface area contributed by atoms with E-state index in [9.17, 15) is 18.0 Å². The highest BCUT2D eigenvalue weighted by atomic mass is 35.5. The van der Waals surface area contributed by atoms with Gasteiger partial charge in [-0.2, -0.15) is 0 Å². The molecule has 0 fully saturated rings. The molecule has 1 atom stereocenters. The van der Waals surface area contributed by atoms with Gasteiger partial charge in [-0.25, -0.2) is 8.42 Å². The molecule has 0 heterocycles. The van der Waals surface area contributed by atoms with Gasteiger partial charge >= 0.3 is 0 Å². The zero-order valence-corrected chi connectivity index (χ0v) is 21.8. The highest BCUT2D eigenvalue weighted by Crippen LogP contribution is 2.31. The van der Waals surface area contributed by atoms with Gasteiger partial charge in [0.15, 0.2) is 0 Å². The minimum Gasteiger partial charge on any atom is -0.352 e. The summed E-state index contributed by atoms with van der Waals surface area (Å²) in [4.78, 5) is 27.4. The fourth-order valence-corrected chi connectivity index (χ4v) is 4.59. The van der Waals surface area contributed by atoms with Crippen LogP contribution < -0.4 is 9.62 Å². The molecule has 0 radical (unpaired) electrons. The molecule has 0 bridgehead atoms. The van der Waals surface area contributed by atoms with Crippen molar-refractivity contribution in [2.75, 3.05) is 17.1 Å². The van der Waals surface area contributed by atoms with Crippen LogP contribution in [0.15, 0.2) is 42.5 Å². The second-order valence-electron chi connectivity index (χ2n) is 7.86. The number of benzene rings is 2. The Bertz CT molecular complexity index is 1130. The molecule has 2 amide bonds. The summed E-state index contributed by atoms with van der Waals surface area (Å²) in [5.41, 5.74) is 0.758. The van der Waals surface area contributed by atoms with E-state index in [-0.39, 0.29) is 34.2 Å². The Kier molecular flexibility index (Phi) is 9.43. The van der Waals surface area contributed by atoms with Gasteiger partial charge < -0.3 is 10.2 Å². The third-order valence-electron chi connectivity index (χ3n) is 4.70. The van der Waals surface area contributed by atoms with E-state index in [0.717, 1.165) is 10.6 Å². The van der Waals surface area contributed by atoms with Crippen molar-refractivity contribution in [2.45, 2.75) is 39.4 Å². The zero-order valence-electron chi connectivity index (χ0n) is 18.7. The molecule has 1 N–H and O–H groups in total. The molecule has 7 nitrogen and oxygen atoms in total. The molecule has 2 aromatic carbocycles. The molecule has 0 spiro atoms. The number of hydrogen-bond donors (Lipinski definition) is 1. The number of nitrogens with zero attached hydrogens (tertiary/aromatic N) is 2. The van der Waals surface area contributed by atoms with Crippen LogP contribution in [0.2, 0.25) is 15.1 Å². The van der Waals surface area contributed by atoms with E-state index in [4.69, 9.17) is 34.8 Å². The first kappa shape index (κ1) is 27.2. The number of hydrogen-bond acceptors (Lipinski definition) is 4. The van der Waals surface area contributed by atoms with Gasteiger partial charge in [-0.1, -0.05) is 46.9 Å². The van der Waals surface area contributed by atoms with Crippen LogP contribution in [-0.4, -0.2) is 50.0 Å². The Balaban J connectivity index is 2.44. The van der Waals surface area contributed by atoms with E-state index in [2.05, 4.69) is 5.32 Å². The van der Waals surface area contributed by atoms with Crippen molar-refractivity contribution in [3.63, 3.8) is 0 Å². The quantitative estimate of drug-likeness (QED) is 0.518. The molecule has 0 aromatic heterocycles. The van der Waals surface area contributed by atoms with Crippen molar-refractivity contribution in [3.05, 3.63) is 63.1 Å². The van der Waals surface area contributed by atoms with Crippen LogP contribution in [0.1, 0.15) is 26.3 Å². The van der Waals surface area contributed by atoms with E-state index < -0.39 is 28.5 Å². The zero-order chi connectivity index (χ0) is 24.9. The van der Waals surface area contributed by atoms with E-state index in [1.807, 2.05) is 0 Å². The van der Waals surface area contributed by atoms with Crippen LogP contribution in [0.4, 0.5) is 5.69 Å². The number of rotatable bonds is 9. The standard InChI is InChI=1S/C22H26Cl3N3O4S/c1-14(2)26-22(30)15(3)27(12-16-6-5-7-17(23)10-16)21(29)13-28(33(4,31)32)20-11-18(24)8-9-19(20)25/h5-11,14-15H,12-13H2,1-4H3,(H,26,30)/t15-/m0/s1. The number of amides is 2. The average molecular weight is 535 g/mol. The summed E-state index contributed by atoms with van der Waals surface area (Å²) in [7, 11) is -3.91. The Morgan fingerprint density at radius 1 is 1.00 bits per heavy atom. The normalized spacial score (nSPS) is 12.4. The number of carbonyl (C=O) groups is 2. The van der Waals surface area contributed by atoms with Crippen molar-refractivity contribution >= 4 is 62.3 Å². The molecular formula is C22H26Cl3N3O4S. The van der Waals surface area contributed by atoms with Crippen LogP contribution in [0, 0.1) is 0 Å². The Morgan fingerprint density at radius 3 is 2.21 bits per heavy atom. The van der Waals surface area contributed by atoms with Crippen molar-refractivity contribution in [2.24, 2.45) is 0 Å². The van der Waals surface area contributed by atoms with Gasteiger partial charge in [0.2, 0.25) is 21.8 Å². The maximum Gasteiger partial charge on any atom is 0.244 e. The molecule has 0 unspecified atom stereocenters. The summed E-state index contributed by atoms with van der Waals surface area (Å²) in [5, 5.41) is 3.63. The third kappa shape index (κ3) is 7.78. The number of carbonyl (C=O) groups excluding carboxylic acids is 2. The molecule has 180 valence electrons. The van der Waals surface area contributed by atoms with Crippen molar-refractivity contribution in [1.82, 2.24) is 10.2 Å². The first-order chi connectivity index (χ1) is 15.3. The van der Waals surface area contributed by atoms with Gasteiger partial charge in [-0.15, -0.1) is 0 Å². The predicted molar refractivity (Wildman–Crippen MR) is 133 cm³/mol. The van der Waals surface area contributed by atoms with Gasteiger partial charge in [0.05, 0.1) is 17.0 Å². The Morgan fingerprint density at radius 2 is 1.64 bits per heavy atom. The third-order valence-corrected chi connectivity index (χ3v) is 6.61. The van der Waals surface area contributed by atoms with Crippen LogP contribution in [0.5, 0.6) is 0 Å². The van der Waals surface area contributed by atoms with Crippen LogP contribution in [0.25, 0.3) is 0 Å². The van der Waals surface area contributed by atoms with Crippen molar-refractivity contribution < 1.29 is 18.0 Å². The van der Waals surface area contributed by atoms with E-state index in [1.165, 1.54) is 23.1 Å². The lowest BCUT2D eigenvalue weighted by atomic mass is 10.1. The minimum atomic E-state index is -3.91. The number of sulfonamides is 1. The van der Waals surface area contributed by atoms with Crippen molar-refractivity contribution in [1.29, 1.82) is 0 Å². The molecule has 0 aliphatic rings. The molecule has 0 saturated heterocycles. The molecule has 0 saturated carbocycles. The monoisotopic (exact) mass is 533 g/mol. The second-order valence-corrected chi connectivity index (χ2v) is 11.0. The van der Waals surface area contributed by atoms with E-state index >= 15 is 0 Å². The molecule has 0 aliphatic heterocycles. The van der Waals surface area contributed by atoms with E-state index in [0.29, 0.717) is 10.6 Å². The smallest absolute Gasteiger partial charge is 0.244 e. The molecule has 2 aromatic rings. The van der Waals surface area contributed by atoms with Gasteiger partial charge in [0.25, 0.3) is 0 Å². The van der Waals surface area contributed by atoms with Crippen LogP contribution in [0.3, 0.4) is 0 Å². The van der Waals surface area contributed by atoms with Gasteiger partial charge in [-0.3, -0.25) is 13.9 Å². The number of nitrogens with one attached hydrogen (secondary N) is 1. The fraction of sp³-hybridized carbons (Fsp3) is 0.364. The number of halogens is 3. The van der Waals surface area contributed by atoms with Crippen LogP contribution in [-0.2, 0) is 26.2 Å². The maximum atomic E-state index is 13.4. The average Bonchev–Trinajstić information content (AvgIpc) is 2.70. The summed E-state index contributed by atoms with van der Waals surface area (Å²) in [6.45, 7) is 4.67. The lowest BCUT2D eigenvalue weighted by Gasteiger charge is -2.32. The number of anilines is 1. The lowest BCUT2D eigenvalue weighted by molar-refractivity contribution is -0.139. The predicted octanol–water partition coefficient (Wildman–Crippen LogP) is 4.35. The van der Waals surface area contributed by atoms with Crippen LogP contribution >= 0.6 is 34.8 Å². The fourth-order valence-electron chi connectivity index (χ4n) is 3.09. The first-order valence-electron chi connectivity index (χ1n) is 10.1. The van der Waals surface area contributed by atoms with Gasteiger partial charge in [0.1, 0.15) is 12.6 Å². The highest BCUT2D eigenvalue weighted by Gasteiger charge is 2.31. The van der Waals surface area contributed by atoms with Gasteiger partial charge in [0, 0.05) is 22.6 Å². The summed E-state index contributed by atoms with van der Waals surface area (Å²) >= 11 is 18.3. The lowest BCUT2D eigenvalue weighted by Crippen LogP contribution is -2.52. The minimum absolute atomic E-state index is 0.0486. The maximum absolute atomic E-state index is 13.4. The molecule has 33 heavy (non-hydrogen) atoms. The Labute approximate surface area is 209 Å². The van der Waals surface area contributed by atoms with Gasteiger partial charge in [-0.05, 0) is 56.7 Å². The summed E-state index contributed by atoms with van der Waals surface area (Å²) in [6, 6.07) is 10.2. The SMILES string of the molecule is CC(C)NC(=O)[C@H](C)N(Cc1cccc(Cl)c1)C(=O)CN(c1cc(Cl)ccc1Cl)S(C)(=O)=O. The molecule has 2 rings (SSSR count). The summed E-state index contributed by atoms with van der Waals surface area (Å²) in [6.07, 6.45) is 0.966.